The number of hydrogen-bond acceptors (Lipinski definition) is 5. The van der Waals surface area contributed by atoms with Crippen molar-refractivity contribution in [2.75, 3.05) is 11.9 Å². The summed E-state index contributed by atoms with van der Waals surface area (Å²) in [5.41, 5.74) is 0.498. The minimum absolute atomic E-state index is 0.239. The standard InChI is InChI=1S/C18H12BrFN2O4S/c19-11-1-4-13(5-2-11)21-18(25)22-16(23)9-26-17(24)15-8-10-7-12(20)3-6-14(10)27-15/h1-8H,9H2,(H2,21,22,23,25). The number of carbonyl (C=O) groups is 3. The van der Waals surface area contributed by atoms with Crippen molar-refractivity contribution in [1.82, 2.24) is 5.32 Å². The SMILES string of the molecule is O=C(COC(=O)c1cc2cc(F)ccc2s1)NC(=O)Nc1ccc(Br)cc1. The Balaban J connectivity index is 1.50. The molecular weight excluding hydrogens is 439 g/mol. The van der Waals surface area contributed by atoms with E-state index in [0.717, 1.165) is 20.5 Å². The molecule has 0 saturated carbocycles. The summed E-state index contributed by atoms with van der Waals surface area (Å²) in [7, 11) is 0. The summed E-state index contributed by atoms with van der Waals surface area (Å²) in [5.74, 6) is -1.90. The second kappa shape index (κ2) is 8.28. The van der Waals surface area contributed by atoms with Crippen LogP contribution in [0.5, 0.6) is 0 Å². The number of anilines is 1. The smallest absolute Gasteiger partial charge is 0.348 e. The van der Waals surface area contributed by atoms with Crippen molar-refractivity contribution >= 4 is 60.9 Å². The highest BCUT2D eigenvalue weighted by atomic mass is 79.9. The molecule has 1 aromatic heterocycles. The van der Waals surface area contributed by atoms with Gasteiger partial charge in [0.2, 0.25) is 0 Å². The van der Waals surface area contributed by atoms with E-state index in [-0.39, 0.29) is 4.88 Å². The van der Waals surface area contributed by atoms with E-state index in [4.69, 9.17) is 4.74 Å². The maximum atomic E-state index is 13.2. The number of rotatable bonds is 4. The molecule has 0 aliphatic carbocycles. The van der Waals surface area contributed by atoms with Gasteiger partial charge >= 0.3 is 12.0 Å². The second-order valence-corrected chi connectivity index (χ2v) is 7.38. The van der Waals surface area contributed by atoms with Gasteiger partial charge in [-0.25, -0.2) is 14.0 Å². The summed E-state index contributed by atoms with van der Waals surface area (Å²) in [4.78, 5) is 35.8. The van der Waals surface area contributed by atoms with Crippen molar-refractivity contribution in [2.24, 2.45) is 0 Å². The zero-order valence-electron chi connectivity index (χ0n) is 13.6. The Bertz CT molecular complexity index is 1020. The van der Waals surface area contributed by atoms with Crippen LogP contribution in [-0.2, 0) is 9.53 Å². The third-order valence-corrected chi connectivity index (χ3v) is 4.99. The van der Waals surface area contributed by atoms with E-state index < -0.39 is 30.3 Å². The van der Waals surface area contributed by atoms with Crippen LogP contribution in [0.2, 0.25) is 0 Å². The Morgan fingerprint density at radius 1 is 1.07 bits per heavy atom. The molecule has 2 aromatic carbocycles. The molecule has 2 N–H and O–H groups in total. The molecule has 27 heavy (non-hydrogen) atoms. The fourth-order valence-electron chi connectivity index (χ4n) is 2.18. The Labute approximate surface area is 165 Å². The molecule has 9 heteroatoms. The summed E-state index contributed by atoms with van der Waals surface area (Å²) >= 11 is 4.40. The van der Waals surface area contributed by atoms with Crippen molar-refractivity contribution in [1.29, 1.82) is 0 Å². The number of urea groups is 1. The summed E-state index contributed by atoms with van der Waals surface area (Å²) < 4.78 is 19.7. The zero-order chi connectivity index (χ0) is 19.4. The van der Waals surface area contributed by atoms with Crippen LogP contribution in [0, 0.1) is 5.82 Å². The molecule has 0 unspecified atom stereocenters. The van der Waals surface area contributed by atoms with E-state index in [1.807, 2.05) is 0 Å². The predicted octanol–water partition coefficient (Wildman–Crippen LogP) is 4.31. The van der Waals surface area contributed by atoms with Gasteiger partial charge < -0.3 is 10.1 Å². The largest absolute Gasteiger partial charge is 0.451 e. The minimum atomic E-state index is -0.773. The van der Waals surface area contributed by atoms with E-state index >= 15 is 0 Å². The molecular formula is C18H12BrFN2O4S. The number of ether oxygens (including phenoxy) is 1. The first-order valence-corrected chi connectivity index (χ1v) is 9.24. The quantitative estimate of drug-likeness (QED) is 0.580. The lowest BCUT2D eigenvalue weighted by Crippen LogP contribution is -2.37. The van der Waals surface area contributed by atoms with Gasteiger partial charge in [-0.15, -0.1) is 11.3 Å². The fourth-order valence-corrected chi connectivity index (χ4v) is 3.38. The van der Waals surface area contributed by atoms with Gasteiger partial charge in [0.1, 0.15) is 10.7 Å². The van der Waals surface area contributed by atoms with Gasteiger partial charge in [-0.3, -0.25) is 10.1 Å². The average molecular weight is 451 g/mol. The Morgan fingerprint density at radius 2 is 1.81 bits per heavy atom. The first kappa shape index (κ1) is 19.0. The molecule has 0 fully saturated rings. The molecule has 3 aromatic rings. The highest BCUT2D eigenvalue weighted by Gasteiger charge is 2.15. The zero-order valence-corrected chi connectivity index (χ0v) is 16.0. The molecule has 0 bridgehead atoms. The van der Waals surface area contributed by atoms with Gasteiger partial charge in [-0.1, -0.05) is 15.9 Å². The third-order valence-electron chi connectivity index (χ3n) is 3.37. The van der Waals surface area contributed by atoms with E-state index in [1.54, 1.807) is 30.3 Å². The van der Waals surface area contributed by atoms with Crippen LogP contribution in [-0.4, -0.2) is 24.5 Å². The lowest BCUT2D eigenvalue weighted by Gasteiger charge is -2.07. The van der Waals surface area contributed by atoms with Crippen molar-refractivity contribution < 1.29 is 23.5 Å². The lowest BCUT2D eigenvalue weighted by atomic mass is 10.2. The van der Waals surface area contributed by atoms with Gasteiger partial charge in [0.15, 0.2) is 6.61 Å². The van der Waals surface area contributed by atoms with Crippen LogP contribution in [0.25, 0.3) is 10.1 Å². The van der Waals surface area contributed by atoms with Gasteiger partial charge in [-0.2, -0.15) is 0 Å². The maximum Gasteiger partial charge on any atom is 0.348 e. The number of nitrogens with one attached hydrogen (secondary N) is 2. The lowest BCUT2D eigenvalue weighted by molar-refractivity contribution is -0.123. The van der Waals surface area contributed by atoms with Crippen LogP contribution < -0.4 is 10.6 Å². The molecule has 138 valence electrons. The summed E-state index contributed by atoms with van der Waals surface area (Å²) in [6.45, 7) is -0.616. The van der Waals surface area contributed by atoms with Crippen LogP contribution in [0.3, 0.4) is 0 Å². The van der Waals surface area contributed by atoms with Crippen molar-refractivity contribution in [3.8, 4) is 0 Å². The average Bonchev–Trinajstić information content (AvgIpc) is 3.04. The highest BCUT2D eigenvalue weighted by Crippen LogP contribution is 2.26. The third kappa shape index (κ3) is 5.11. The van der Waals surface area contributed by atoms with Crippen LogP contribution >= 0.6 is 27.3 Å². The topological polar surface area (TPSA) is 84.5 Å². The van der Waals surface area contributed by atoms with Crippen LogP contribution in [0.15, 0.2) is 53.0 Å². The van der Waals surface area contributed by atoms with E-state index in [1.165, 1.54) is 18.2 Å². The first-order chi connectivity index (χ1) is 12.9. The molecule has 3 amide bonds. The summed E-state index contributed by atoms with van der Waals surface area (Å²) in [6.07, 6.45) is 0. The first-order valence-electron chi connectivity index (χ1n) is 7.63. The Morgan fingerprint density at radius 3 is 2.56 bits per heavy atom. The number of amides is 3. The summed E-state index contributed by atoms with van der Waals surface area (Å²) in [5, 5.41) is 5.11. The number of halogens is 2. The number of imide groups is 1. The van der Waals surface area contributed by atoms with Gasteiger partial charge in [-0.05, 0) is 53.9 Å². The maximum absolute atomic E-state index is 13.2. The molecule has 0 saturated heterocycles. The fraction of sp³-hybridized carbons (Fsp3) is 0.0556. The molecule has 1 heterocycles. The van der Waals surface area contributed by atoms with E-state index in [2.05, 4.69) is 26.6 Å². The van der Waals surface area contributed by atoms with E-state index in [9.17, 15) is 18.8 Å². The van der Waals surface area contributed by atoms with Crippen molar-refractivity contribution in [3.63, 3.8) is 0 Å². The number of thiophene rings is 1. The van der Waals surface area contributed by atoms with Crippen LogP contribution in [0.1, 0.15) is 9.67 Å². The van der Waals surface area contributed by atoms with Crippen molar-refractivity contribution in [2.45, 2.75) is 0 Å². The predicted molar refractivity (Wildman–Crippen MR) is 103 cm³/mol. The van der Waals surface area contributed by atoms with Gasteiger partial charge in [0, 0.05) is 14.9 Å². The number of carbonyl (C=O) groups excluding carboxylic acids is 3. The molecule has 0 radical (unpaired) electrons. The molecule has 0 aliphatic heterocycles. The number of hydrogen-bond donors (Lipinski definition) is 2. The second-order valence-electron chi connectivity index (χ2n) is 5.38. The number of fused-ring (bicyclic) bond motifs is 1. The van der Waals surface area contributed by atoms with Crippen LogP contribution in [0.4, 0.5) is 14.9 Å². The normalized spacial score (nSPS) is 10.4. The van der Waals surface area contributed by atoms with Gasteiger partial charge in [0.25, 0.3) is 5.91 Å². The molecule has 0 atom stereocenters. The Kier molecular flexibility index (Phi) is 5.82. The minimum Gasteiger partial charge on any atom is -0.451 e. The van der Waals surface area contributed by atoms with Gasteiger partial charge in [0.05, 0.1) is 0 Å². The highest BCUT2D eigenvalue weighted by molar-refractivity contribution is 9.10. The molecule has 6 nitrogen and oxygen atoms in total. The molecule has 3 rings (SSSR count). The Hall–Kier alpha value is -2.78. The number of esters is 1. The molecule has 0 spiro atoms. The number of benzene rings is 2. The van der Waals surface area contributed by atoms with Crippen molar-refractivity contribution in [3.05, 3.63) is 63.7 Å². The molecule has 0 aliphatic rings. The van der Waals surface area contributed by atoms with E-state index in [0.29, 0.717) is 11.1 Å². The monoisotopic (exact) mass is 450 g/mol. The summed E-state index contributed by atoms with van der Waals surface area (Å²) in [6, 6.07) is 11.7.